The number of hydrogen-bond donors (Lipinski definition) is 0. The first-order valence-electron chi connectivity index (χ1n) is 10.3. The molecule has 0 aliphatic carbocycles. The van der Waals surface area contributed by atoms with Crippen LogP contribution in [0.3, 0.4) is 0 Å². The quantitative estimate of drug-likeness (QED) is 0.615. The van der Waals surface area contributed by atoms with Crippen LogP contribution in [0.25, 0.3) is 0 Å². The third-order valence-electron chi connectivity index (χ3n) is 6.08. The van der Waals surface area contributed by atoms with Crippen LogP contribution in [0.15, 0.2) is 36.4 Å². The Bertz CT molecular complexity index is 863. The summed E-state index contributed by atoms with van der Waals surface area (Å²) in [7, 11) is 0. The summed E-state index contributed by atoms with van der Waals surface area (Å²) in [6.45, 7) is 20.5. The molecule has 29 heavy (non-hydrogen) atoms. The predicted octanol–water partition coefficient (Wildman–Crippen LogP) is 2.10. The van der Waals surface area contributed by atoms with Gasteiger partial charge in [0.25, 0.3) is 0 Å². The molecule has 0 spiro atoms. The molecular formula is C27H34BLi. The Morgan fingerprint density at radius 1 is 0.414 bits per heavy atom. The summed E-state index contributed by atoms with van der Waals surface area (Å²) >= 11 is 0. The minimum Gasteiger partial charge on any atom is -1.00 e. The van der Waals surface area contributed by atoms with E-state index in [4.69, 9.17) is 0 Å². The molecule has 0 aromatic heterocycles. The van der Waals surface area contributed by atoms with Gasteiger partial charge in [0, 0.05) is 0 Å². The molecule has 3 aromatic carbocycles. The van der Waals surface area contributed by atoms with Crippen molar-refractivity contribution in [3.8, 4) is 0 Å². The van der Waals surface area contributed by atoms with Gasteiger partial charge >= 0.3 is 18.9 Å². The molecule has 0 atom stereocenters. The van der Waals surface area contributed by atoms with Gasteiger partial charge in [0.1, 0.15) is 0 Å². The van der Waals surface area contributed by atoms with E-state index < -0.39 is 0 Å². The maximum atomic E-state index is 2.34. The van der Waals surface area contributed by atoms with E-state index in [1.54, 1.807) is 0 Å². The summed E-state index contributed by atoms with van der Waals surface area (Å²) in [5.74, 6) is 0. The van der Waals surface area contributed by atoms with Gasteiger partial charge in [-0.2, -0.15) is 0 Å². The number of rotatable bonds is 3. The molecule has 0 aliphatic heterocycles. The normalized spacial score (nSPS) is 10.7. The molecule has 0 bridgehead atoms. The zero-order chi connectivity index (χ0) is 20.7. The van der Waals surface area contributed by atoms with Gasteiger partial charge in [-0.05, 0) is 62.3 Å². The van der Waals surface area contributed by atoms with Crippen molar-refractivity contribution in [2.75, 3.05) is 0 Å². The Hall–Kier alpha value is -1.68. The van der Waals surface area contributed by atoms with Gasteiger partial charge in [-0.3, -0.25) is 0 Å². The Kier molecular flexibility index (Phi) is 7.32. The van der Waals surface area contributed by atoms with Gasteiger partial charge in [0.05, 0.1) is 0 Å². The number of aryl methyl sites for hydroxylation is 9. The van der Waals surface area contributed by atoms with Crippen molar-refractivity contribution in [1.29, 1.82) is 0 Å². The van der Waals surface area contributed by atoms with E-state index in [1.165, 1.54) is 66.5 Å². The first-order chi connectivity index (χ1) is 13.1. The largest absolute Gasteiger partial charge is 1.00 e. The molecule has 0 fully saturated rings. The molecule has 0 saturated carbocycles. The molecule has 0 nitrogen and oxygen atoms in total. The SMILES string of the molecule is Cc1cc(C)c(B(c2c(C)cc(C)cc2C)c2c(C)cc(C)cc2C)c(C)c1.[H-].[Li+]. The zero-order valence-corrected chi connectivity index (χ0v) is 20.0. The Morgan fingerprint density at radius 2 is 0.586 bits per heavy atom. The summed E-state index contributed by atoms with van der Waals surface area (Å²) < 4.78 is 0. The molecule has 0 heterocycles. The minimum atomic E-state index is 0. The molecule has 0 radical (unpaired) electrons. The molecule has 0 saturated heterocycles. The van der Waals surface area contributed by atoms with Crippen LogP contribution in [0.1, 0.15) is 51.5 Å². The van der Waals surface area contributed by atoms with Crippen molar-refractivity contribution in [3.05, 3.63) is 86.5 Å². The average Bonchev–Trinajstić information content (AvgIpc) is 2.51. The van der Waals surface area contributed by atoms with E-state index in [2.05, 4.69) is 98.7 Å². The maximum Gasteiger partial charge on any atom is 1.00 e. The summed E-state index contributed by atoms with van der Waals surface area (Å²) in [5, 5.41) is 0. The molecule has 0 N–H and O–H groups in total. The van der Waals surface area contributed by atoms with E-state index in [9.17, 15) is 0 Å². The van der Waals surface area contributed by atoms with Crippen LogP contribution in [0.2, 0.25) is 0 Å². The summed E-state index contributed by atoms with van der Waals surface area (Å²) in [4.78, 5) is 0. The molecule has 0 unspecified atom stereocenters. The van der Waals surface area contributed by atoms with Gasteiger partial charge < -0.3 is 1.43 Å². The average molecular weight is 376 g/mol. The predicted molar refractivity (Wildman–Crippen MR) is 128 cm³/mol. The van der Waals surface area contributed by atoms with Crippen LogP contribution < -0.4 is 35.2 Å². The standard InChI is InChI=1S/C27H33B.Li.H/c1-16-10-19(4)25(20(5)11-16)28(26-21(6)12-17(2)13-22(26)7)27-23(8)14-18(3)15-24(27)9;;/h10-15H,1-9H3;;/q;+1;-1. The number of hydrogen-bond acceptors (Lipinski definition) is 0. The van der Waals surface area contributed by atoms with Crippen LogP contribution >= 0.6 is 0 Å². The molecular weight excluding hydrogens is 342 g/mol. The molecule has 0 amide bonds. The van der Waals surface area contributed by atoms with Crippen molar-refractivity contribution in [2.24, 2.45) is 0 Å². The van der Waals surface area contributed by atoms with Crippen LogP contribution in [-0.2, 0) is 0 Å². The van der Waals surface area contributed by atoms with Crippen molar-refractivity contribution >= 4 is 23.1 Å². The Morgan fingerprint density at radius 3 is 0.759 bits per heavy atom. The Labute approximate surface area is 191 Å². The van der Waals surface area contributed by atoms with Gasteiger partial charge in [-0.1, -0.05) is 103 Å². The van der Waals surface area contributed by atoms with Crippen LogP contribution in [0.4, 0.5) is 0 Å². The smallest absolute Gasteiger partial charge is 1.00 e. The number of benzene rings is 3. The fourth-order valence-electron chi connectivity index (χ4n) is 5.37. The minimum absolute atomic E-state index is 0. The van der Waals surface area contributed by atoms with Crippen molar-refractivity contribution in [3.63, 3.8) is 0 Å². The zero-order valence-electron chi connectivity index (χ0n) is 21.0. The summed E-state index contributed by atoms with van der Waals surface area (Å²) in [5.41, 5.74) is 16.8. The third kappa shape index (κ3) is 4.58. The van der Waals surface area contributed by atoms with E-state index in [0.717, 1.165) is 0 Å². The first kappa shape index (κ1) is 23.6. The van der Waals surface area contributed by atoms with E-state index in [1.807, 2.05) is 0 Å². The molecule has 2 heteroatoms. The molecule has 146 valence electrons. The van der Waals surface area contributed by atoms with Crippen LogP contribution in [0.5, 0.6) is 0 Å². The second kappa shape index (κ2) is 8.99. The fourth-order valence-corrected chi connectivity index (χ4v) is 5.37. The topological polar surface area (TPSA) is 0 Å². The monoisotopic (exact) mass is 376 g/mol. The van der Waals surface area contributed by atoms with Gasteiger partial charge in [0.15, 0.2) is 0 Å². The fraction of sp³-hybridized carbons (Fsp3) is 0.333. The van der Waals surface area contributed by atoms with E-state index in [0.29, 0.717) is 0 Å². The third-order valence-corrected chi connectivity index (χ3v) is 6.08. The molecule has 3 aromatic rings. The van der Waals surface area contributed by atoms with Crippen molar-refractivity contribution in [1.82, 2.24) is 0 Å². The van der Waals surface area contributed by atoms with Crippen LogP contribution in [-0.4, -0.2) is 6.71 Å². The maximum absolute atomic E-state index is 2.34. The second-order valence-electron chi connectivity index (χ2n) is 8.87. The van der Waals surface area contributed by atoms with E-state index in [-0.39, 0.29) is 27.0 Å². The van der Waals surface area contributed by atoms with Crippen molar-refractivity contribution < 1.29 is 20.3 Å². The second-order valence-corrected chi connectivity index (χ2v) is 8.87. The summed E-state index contributed by atoms with van der Waals surface area (Å²) in [6.07, 6.45) is 0. The van der Waals surface area contributed by atoms with E-state index >= 15 is 0 Å². The van der Waals surface area contributed by atoms with Gasteiger partial charge in [-0.15, -0.1) is 0 Å². The molecule has 3 rings (SSSR count). The van der Waals surface area contributed by atoms with Gasteiger partial charge in [0.2, 0.25) is 6.71 Å². The first-order valence-corrected chi connectivity index (χ1v) is 10.3. The summed E-state index contributed by atoms with van der Waals surface area (Å²) in [6, 6.07) is 14.0. The van der Waals surface area contributed by atoms with Gasteiger partial charge in [-0.25, -0.2) is 0 Å². The molecule has 0 aliphatic rings. The Balaban J connectivity index is 0.00000225. The van der Waals surface area contributed by atoms with Crippen LogP contribution in [0, 0.1) is 62.3 Å². The van der Waals surface area contributed by atoms with Crippen molar-refractivity contribution in [2.45, 2.75) is 62.3 Å².